The van der Waals surface area contributed by atoms with Crippen LogP contribution in [0, 0.1) is 5.92 Å². The first-order valence-electron chi connectivity index (χ1n) is 10.0. The van der Waals surface area contributed by atoms with Crippen molar-refractivity contribution in [3.8, 4) is 0 Å². The normalized spacial score (nSPS) is 19.7. The third-order valence-corrected chi connectivity index (χ3v) is 5.42. The minimum absolute atomic E-state index is 0.0487. The van der Waals surface area contributed by atoms with E-state index < -0.39 is 0 Å². The number of nitrogens with zero attached hydrogens (tertiary/aromatic N) is 3. The lowest BCUT2D eigenvalue weighted by Crippen LogP contribution is -2.46. The SMILES string of the molecule is CN(C)C(=O)N1CCC(C(=O)NCCCCCN2CCCCC2)CC1. The second-order valence-corrected chi connectivity index (χ2v) is 7.69. The molecule has 0 aromatic carbocycles. The summed E-state index contributed by atoms with van der Waals surface area (Å²) in [4.78, 5) is 30.2. The Morgan fingerprint density at radius 3 is 2.28 bits per heavy atom. The summed E-state index contributed by atoms with van der Waals surface area (Å²) in [6.07, 6.45) is 9.15. The maximum absolute atomic E-state index is 12.3. The standard InChI is InChI=1S/C19H36N4O2/c1-21(2)19(25)23-15-9-17(10-16-23)18(24)20-11-5-3-6-12-22-13-7-4-8-14-22/h17H,3-16H2,1-2H3,(H,20,24). The van der Waals surface area contributed by atoms with Gasteiger partial charge in [0.2, 0.25) is 5.91 Å². The maximum atomic E-state index is 12.3. The topological polar surface area (TPSA) is 55.9 Å². The van der Waals surface area contributed by atoms with Crippen LogP contribution in [0.25, 0.3) is 0 Å². The Morgan fingerprint density at radius 2 is 1.64 bits per heavy atom. The predicted molar refractivity (Wildman–Crippen MR) is 101 cm³/mol. The van der Waals surface area contributed by atoms with Gasteiger partial charge < -0.3 is 20.0 Å². The van der Waals surface area contributed by atoms with Gasteiger partial charge in [-0.2, -0.15) is 0 Å². The summed E-state index contributed by atoms with van der Waals surface area (Å²) in [5.41, 5.74) is 0. The van der Waals surface area contributed by atoms with Gasteiger partial charge in [0.15, 0.2) is 0 Å². The molecule has 0 spiro atoms. The van der Waals surface area contributed by atoms with Crippen molar-refractivity contribution < 1.29 is 9.59 Å². The van der Waals surface area contributed by atoms with Crippen molar-refractivity contribution in [3.63, 3.8) is 0 Å². The van der Waals surface area contributed by atoms with Crippen molar-refractivity contribution in [3.05, 3.63) is 0 Å². The van der Waals surface area contributed by atoms with Crippen molar-refractivity contribution in [2.45, 2.75) is 51.4 Å². The van der Waals surface area contributed by atoms with Crippen molar-refractivity contribution in [2.75, 3.05) is 53.4 Å². The quantitative estimate of drug-likeness (QED) is 0.714. The molecule has 0 aliphatic carbocycles. The van der Waals surface area contributed by atoms with Gasteiger partial charge in [-0.25, -0.2) is 4.79 Å². The number of piperidine rings is 2. The molecule has 0 radical (unpaired) electrons. The predicted octanol–water partition coefficient (Wildman–Crippen LogP) is 2.15. The maximum Gasteiger partial charge on any atom is 0.319 e. The number of hydrogen-bond donors (Lipinski definition) is 1. The average molecular weight is 353 g/mol. The van der Waals surface area contributed by atoms with Gasteiger partial charge >= 0.3 is 6.03 Å². The molecule has 0 bridgehead atoms. The molecule has 6 nitrogen and oxygen atoms in total. The summed E-state index contributed by atoms with van der Waals surface area (Å²) in [6.45, 7) is 5.91. The number of unbranched alkanes of at least 4 members (excludes halogenated alkanes) is 2. The van der Waals surface area contributed by atoms with Gasteiger partial charge in [0.1, 0.15) is 0 Å². The molecular weight excluding hydrogens is 316 g/mol. The smallest absolute Gasteiger partial charge is 0.319 e. The van der Waals surface area contributed by atoms with E-state index in [2.05, 4.69) is 10.2 Å². The summed E-state index contributed by atoms with van der Waals surface area (Å²) >= 11 is 0. The van der Waals surface area contributed by atoms with Crippen LogP contribution in [0.15, 0.2) is 0 Å². The number of carbonyl (C=O) groups excluding carboxylic acids is 2. The third-order valence-electron chi connectivity index (χ3n) is 5.42. The van der Waals surface area contributed by atoms with E-state index in [9.17, 15) is 9.59 Å². The molecule has 0 aromatic rings. The fourth-order valence-electron chi connectivity index (χ4n) is 3.79. The molecule has 2 heterocycles. The highest BCUT2D eigenvalue weighted by molar-refractivity contribution is 5.79. The number of hydrogen-bond acceptors (Lipinski definition) is 3. The Morgan fingerprint density at radius 1 is 0.960 bits per heavy atom. The summed E-state index contributed by atoms with van der Waals surface area (Å²) in [6, 6.07) is 0.0487. The van der Waals surface area contributed by atoms with E-state index >= 15 is 0 Å². The molecule has 1 N–H and O–H groups in total. The number of nitrogens with one attached hydrogen (secondary N) is 1. The van der Waals surface area contributed by atoms with Crippen LogP contribution in [0.4, 0.5) is 4.79 Å². The van der Waals surface area contributed by atoms with Crippen LogP contribution in [0.2, 0.25) is 0 Å². The largest absolute Gasteiger partial charge is 0.356 e. The lowest BCUT2D eigenvalue weighted by molar-refractivity contribution is -0.126. The second-order valence-electron chi connectivity index (χ2n) is 7.69. The van der Waals surface area contributed by atoms with Crippen LogP contribution in [0.3, 0.4) is 0 Å². The molecule has 0 unspecified atom stereocenters. The molecule has 25 heavy (non-hydrogen) atoms. The highest BCUT2D eigenvalue weighted by atomic mass is 16.2. The lowest BCUT2D eigenvalue weighted by atomic mass is 9.96. The molecule has 2 saturated heterocycles. The van der Waals surface area contributed by atoms with E-state index in [1.54, 1.807) is 19.0 Å². The molecule has 0 atom stereocenters. The van der Waals surface area contributed by atoms with Crippen LogP contribution >= 0.6 is 0 Å². The fourth-order valence-corrected chi connectivity index (χ4v) is 3.79. The monoisotopic (exact) mass is 352 g/mol. The van der Waals surface area contributed by atoms with Crippen LogP contribution in [-0.4, -0.2) is 80.0 Å². The highest BCUT2D eigenvalue weighted by Crippen LogP contribution is 2.18. The van der Waals surface area contributed by atoms with E-state index in [0.29, 0.717) is 13.1 Å². The fraction of sp³-hybridized carbons (Fsp3) is 0.895. The molecule has 144 valence electrons. The van der Waals surface area contributed by atoms with Crippen LogP contribution in [-0.2, 0) is 4.79 Å². The van der Waals surface area contributed by atoms with E-state index in [-0.39, 0.29) is 17.9 Å². The average Bonchev–Trinajstić information content (AvgIpc) is 2.64. The van der Waals surface area contributed by atoms with Gasteiger partial charge in [0, 0.05) is 39.6 Å². The zero-order valence-corrected chi connectivity index (χ0v) is 16.1. The third kappa shape index (κ3) is 6.84. The van der Waals surface area contributed by atoms with Gasteiger partial charge in [0.25, 0.3) is 0 Å². The zero-order valence-electron chi connectivity index (χ0n) is 16.1. The number of rotatable bonds is 7. The summed E-state index contributed by atoms with van der Waals surface area (Å²) in [7, 11) is 3.54. The zero-order chi connectivity index (χ0) is 18.1. The summed E-state index contributed by atoms with van der Waals surface area (Å²) in [5, 5.41) is 3.09. The molecule has 2 aliphatic rings. The second kappa shape index (κ2) is 10.6. The molecule has 3 amide bonds. The summed E-state index contributed by atoms with van der Waals surface area (Å²) in [5.74, 6) is 0.243. The van der Waals surface area contributed by atoms with Crippen LogP contribution < -0.4 is 5.32 Å². The molecule has 2 fully saturated rings. The van der Waals surface area contributed by atoms with E-state index in [1.807, 2.05) is 4.90 Å². The van der Waals surface area contributed by atoms with Crippen molar-refractivity contribution in [1.82, 2.24) is 20.0 Å². The molecule has 2 rings (SSSR count). The first kappa shape index (κ1) is 20.0. The van der Waals surface area contributed by atoms with Gasteiger partial charge in [-0.1, -0.05) is 12.8 Å². The molecule has 6 heteroatoms. The molecule has 2 aliphatic heterocycles. The minimum atomic E-state index is 0.0487. The number of urea groups is 1. The minimum Gasteiger partial charge on any atom is -0.356 e. The Bertz CT molecular complexity index is 414. The molecule has 0 saturated carbocycles. The van der Waals surface area contributed by atoms with Gasteiger partial charge in [0.05, 0.1) is 0 Å². The van der Waals surface area contributed by atoms with E-state index in [4.69, 9.17) is 0 Å². The highest BCUT2D eigenvalue weighted by Gasteiger charge is 2.27. The lowest BCUT2D eigenvalue weighted by Gasteiger charge is -2.33. The first-order chi connectivity index (χ1) is 12.1. The summed E-state index contributed by atoms with van der Waals surface area (Å²) < 4.78 is 0. The van der Waals surface area contributed by atoms with Crippen LogP contribution in [0.5, 0.6) is 0 Å². The van der Waals surface area contributed by atoms with Gasteiger partial charge in [-0.05, 0) is 58.2 Å². The van der Waals surface area contributed by atoms with Crippen molar-refractivity contribution in [1.29, 1.82) is 0 Å². The van der Waals surface area contributed by atoms with Crippen molar-refractivity contribution >= 4 is 11.9 Å². The van der Waals surface area contributed by atoms with Gasteiger partial charge in [-0.3, -0.25) is 4.79 Å². The van der Waals surface area contributed by atoms with Gasteiger partial charge in [-0.15, -0.1) is 0 Å². The number of amides is 3. The van der Waals surface area contributed by atoms with E-state index in [1.165, 1.54) is 51.7 Å². The molecular formula is C19H36N4O2. The number of likely N-dealkylation sites (tertiary alicyclic amines) is 2. The Balaban J connectivity index is 1.50. The van der Waals surface area contributed by atoms with Crippen LogP contribution in [0.1, 0.15) is 51.4 Å². The molecule has 0 aromatic heterocycles. The Hall–Kier alpha value is -1.30. The number of carbonyl (C=O) groups is 2. The van der Waals surface area contributed by atoms with Crippen molar-refractivity contribution in [2.24, 2.45) is 5.92 Å². The first-order valence-corrected chi connectivity index (χ1v) is 10.0. The Kier molecular flexibility index (Phi) is 8.52. The Labute approximate surface area is 152 Å². The van der Waals surface area contributed by atoms with E-state index in [0.717, 1.165) is 25.8 Å².